The van der Waals surface area contributed by atoms with Crippen LogP contribution in [0, 0.1) is 0 Å². The molecule has 0 atom stereocenters. The van der Waals surface area contributed by atoms with Crippen LogP contribution in [0.2, 0.25) is 0 Å². The summed E-state index contributed by atoms with van der Waals surface area (Å²) in [6.45, 7) is 1.42. The Balaban J connectivity index is 1.63. The summed E-state index contributed by atoms with van der Waals surface area (Å²) in [4.78, 5) is 21.8. The number of aromatic hydroxyl groups is 1. The number of carbonyl (C=O) groups excluding carboxylic acids is 1. The number of nitrogens with zero attached hydrogens (tertiary/aromatic N) is 2. The van der Waals surface area contributed by atoms with Gasteiger partial charge in [-0.15, -0.1) is 0 Å². The first-order valence-electron chi connectivity index (χ1n) is 9.06. The van der Waals surface area contributed by atoms with Gasteiger partial charge in [-0.25, -0.2) is 4.99 Å². The Bertz CT molecular complexity index is 1030. The van der Waals surface area contributed by atoms with Crippen molar-refractivity contribution in [2.45, 2.75) is 0 Å². The number of rotatable bonds is 6. The summed E-state index contributed by atoms with van der Waals surface area (Å²) in [7, 11) is 3.98. The van der Waals surface area contributed by atoms with Crippen LogP contribution in [0.25, 0.3) is 11.3 Å². The smallest absolute Gasteiger partial charge is 0.280 e. The molecule has 6 nitrogen and oxygen atoms in total. The maximum absolute atomic E-state index is 12.6. The van der Waals surface area contributed by atoms with Crippen molar-refractivity contribution in [2.75, 3.05) is 27.2 Å². The molecule has 0 radical (unpaired) electrons. The van der Waals surface area contributed by atoms with Gasteiger partial charge in [0, 0.05) is 12.1 Å². The fourth-order valence-corrected chi connectivity index (χ4v) is 3.23. The predicted molar refractivity (Wildman–Crippen MR) is 108 cm³/mol. The zero-order valence-electron chi connectivity index (χ0n) is 15.8. The van der Waals surface area contributed by atoms with E-state index < -0.39 is 0 Å². The Morgan fingerprint density at radius 1 is 1.00 bits per heavy atom. The highest BCUT2D eigenvalue weighted by Gasteiger charge is 2.33. The van der Waals surface area contributed by atoms with E-state index in [0.29, 0.717) is 29.1 Å². The minimum atomic E-state index is -0.355. The molecule has 0 spiro atoms. The number of aromatic amines is 1. The Morgan fingerprint density at radius 2 is 1.71 bits per heavy atom. The molecule has 2 N–H and O–H groups in total. The molecule has 2 aromatic carbocycles. The van der Waals surface area contributed by atoms with Crippen LogP contribution in [-0.4, -0.2) is 53.9 Å². The molecule has 2 heterocycles. The number of H-pyrrole nitrogens is 1. The number of amides is 1. The number of likely N-dealkylation sites (N-methyl/N-ethyl adjacent to an activating group) is 1. The van der Waals surface area contributed by atoms with Gasteiger partial charge in [-0.1, -0.05) is 30.3 Å². The van der Waals surface area contributed by atoms with Crippen LogP contribution in [-0.2, 0) is 0 Å². The van der Waals surface area contributed by atoms with Gasteiger partial charge in [0.1, 0.15) is 12.4 Å². The summed E-state index contributed by atoms with van der Waals surface area (Å²) in [5.74, 6) is 0.343. The molecule has 0 saturated heterocycles. The molecule has 0 fully saturated rings. The third-order valence-electron chi connectivity index (χ3n) is 4.64. The van der Waals surface area contributed by atoms with Crippen LogP contribution in [0.1, 0.15) is 21.5 Å². The van der Waals surface area contributed by atoms with Gasteiger partial charge in [0.05, 0.1) is 22.5 Å². The summed E-state index contributed by atoms with van der Waals surface area (Å²) in [6, 6.07) is 16.8. The van der Waals surface area contributed by atoms with Gasteiger partial charge in [-0.05, 0) is 43.9 Å². The van der Waals surface area contributed by atoms with Gasteiger partial charge in [0.25, 0.3) is 5.91 Å². The lowest BCUT2D eigenvalue weighted by molar-refractivity contribution is 0.101. The Labute approximate surface area is 163 Å². The van der Waals surface area contributed by atoms with Crippen molar-refractivity contribution in [3.8, 4) is 22.9 Å². The van der Waals surface area contributed by atoms with Gasteiger partial charge in [-0.2, -0.15) is 0 Å². The molecule has 6 heteroatoms. The van der Waals surface area contributed by atoms with E-state index in [1.54, 1.807) is 0 Å². The van der Waals surface area contributed by atoms with Crippen molar-refractivity contribution >= 4 is 11.6 Å². The molecule has 3 aromatic rings. The number of hydrogen-bond donors (Lipinski definition) is 2. The highest BCUT2D eigenvalue weighted by Crippen LogP contribution is 2.37. The normalized spacial score (nSPS) is 13.0. The van der Waals surface area contributed by atoms with Gasteiger partial charge in [0.15, 0.2) is 5.88 Å². The second-order valence-electron chi connectivity index (χ2n) is 6.91. The molecule has 1 aromatic heterocycles. The van der Waals surface area contributed by atoms with E-state index in [2.05, 4.69) is 9.98 Å². The molecule has 0 bridgehead atoms. The summed E-state index contributed by atoms with van der Waals surface area (Å²) >= 11 is 0. The summed E-state index contributed by atoms with van der Waals surface area (Å²) in [5, 5.41) is 10.5. The standard InChI is InChI=1S/C22H21N3O3/c1-25(2)12-13-28-16-10-8-15(9-11-16)20-18-17(21(26)24-20)19(23-22(18)27)14-6-4-3-5-7-14/h3-11,23,27H,12-13H2,1-2H3. The van der Waals surface area contributed by atoms with Crippen LogP contribution in [0.15, 0.2) is 59.6 Å². The summed E-state index contributed by atoms with van der Waals surface area (Å²) in [5.41, 5.74) is 3.49. The van der Waals surface area contributed by atoms with E-state index in [9.17, 15) is 9.90 Å². The van der Waals surface area contributed by atoms with E-state index in [0.717, 1.165) is 23.4 Å². The maximum atomic E-state index is 12.6. The lowest BCUT2D eigenvalue weighted by atomic mass is 10.0. The zero-order chi connectivity index (χ0) is 19.7. The molecular formula is C22H21N3O3. The quantitative estimate of drug-likeness (QED) is 0.693. The van der Waals surface area contributed by atoms with E-state index in [1.165, 1.54) is 0 Å². The highest BCUT2D eigenvalue weighted by atomic mass is 16.5. The molecule has 28 heavy (non-hydrogen) atoms. The molecule has 142 valence electrons. The van der Waals surface area contributed by atoms with Crippen molar-refractivity contribution in [2.24, 2.45) is 4.99 Å². The largest absolute Gasteiger partial charge is 0.494 e. The molecule has 1 aliphatic heterocycles. The number of hydrogen-bond acceptors (Lipinski definition) is 4. The monoisotopic (exact) mass is 375 g/mol. The number of aliphatic imine (C=N–C) groups is 1. The number of benzene rings is 2. The SMILES string of the molecule is CN(C)CCOc1ccc(C2=NC(=O)c3c(-c4ccccc4)[nH]c(O)c32)cc1. The average Bonchev–Trinajstić information content (AvgIpc) is 3.22. The minimum Gasteiger partial charge on any atom is -0.494 e. The molecule has 0 aliphatic carbocycles. The first-order chi connectivity index (χ1) is 13.5. The third kappa shape index (κ3) is 3.30. The number of fused-ring (bicyclic) bond motifs is 1. The van der Waals surface area contributed by atoms with E-state index in [4.69, 9.17) is 4.74 Å². The first kappa shape index (κ1) is 18.0. The second-order valence-corrected chi connectivity index (χ2v) is 6.91. The molecule has 1 aliphatic rings. The van der Waals surface area contributed by atoms with Crippen molar-refractivity contribution in [3.63, 3.8) is 0 Å². The van der Waals surface area contributed by atoms with E-state index in [-0.39, 0.29) is 11.8 Å². The lowest BCUT2D eigenvalue weighted by Crippen LogP contribution is -2.19. The predicted octanol–water partition coefficient (Wildman–Crippen LogP) is 3.32. The summed E-state index contributed by atoms with van der Waals surface area (Å²) < 4.78 is 5.71. The second kappa shape index (κ2) is 7.32. The van der Waals surface area contributed by atoms with Crippen LogP contribution >= 0.6 is 0 Å². The van der Waals surface area contributed by atoms with Crippen LogP contribution < -0.4 is 4.74 Å². The molecule has 1 amide bonds. The topological polar surface area (TPSA) is 77.9 Å². The Hall–Kier alpha value is -3.38. The Morgan fingerprint density at radius 3 is 2.39 bits per heavy atom. The zero-order valence-corrected chi connectivity index (χ0v) is 15.8. The highest BCUT2D eigenvalue weighted by molar-refractivity contribution is 6.30. The van der Waals surface area contributed by atoms with Crippen LogP contribution in [0.4, 0.5) is 0 Å². The fourth-order valence-electron chi connectivity index (χ4n) is 3.23. The number of ether oxygens (including phenoxy) is 1. The Kier molecular flexibility index (Phi) is 4.71. The van der Waals surface area contributed by atoms with Crippen molar-refractivity contribution in [3.05, 3.63) is 71.3 Å². The molecular weight excluding hydrogens is 354 g/mol. The van der Waals surface area contributed by atoms with Crippen molar-refractivity contribution < 1.29 is 14.6 Å². The van der Waals surface area contributed by atoms with Crippen LogP contribution in [0.5, 0.6) is 11.6 Å². The molecule has 0 unspecified atom stereocenters. The molecule has 4 rings (SSSR count). The van der Waals surface area contributed by atoms with Gasteiger partial charge in [0.2, 0.25) is 0 Å². The average molecular weight is 375 g/mol. The van der Waals surface area contributed by atoms with Gasteiger partial charge < -0.3 is 19.7 Å². The number of carbonyl (C=O) groups is 1. The van der Waals surface area contributed by atoms with Crippen molar-refractivity contribution in [1.82, 2.24) is 9.88 Å². The lowest BCUT2D eigenvalue weighted by Gasteiger charge is -2.11. The first-order valence-corrected chi connectivity index (χ1v) is 9.06. The minimum absolute atomic E-state index is 0.0511. The number of nitrogens with one attached hydrogen (secondary N) is 1. The fraction of sp³-hybridized carbons (Fsp3) is 0.182. The summed E-state index contributed by atoms with van der Waals surface area (Å²) in [6.07, 6.45) is 0. The van der Waals surface area contributed by atoms with Crippen LogP contribution in [0.3, 0.4) is 0 Å². The number of aromatic nitrogens is 1. The van der Waals surface area contributed by atoms with Gasteiger partial charge >= 0.3 is 0 Å². The van der Waals surface area contributed by atoms with E-state index >= 15 is 0 Å². The third-order valence-corrected chi connectivity index (χ3v) is 4.64. The maximum Gasteiger partial charge on any atom is 0.280 e. The van der Waals surface area contributed by atoms with Crippen molar-refractivity contribution in [1.29, 1.82) is 0 Å². The van der Waals surface area contributed by atoms with E-state index in [1.807, 2.05) is 73.6 Å². The molecule has 0 saturated carbocycles. The van der Waals surface area contributed by atoms with Gasteiger partial charge in [-0.3, -0.25) is 4.79 Å².